The van der Waals surface area contributed by atoms with Crippen LogP contribution in [0, 0.1) is 6.92 Å². The molecule has 1 aromatic heterocycles. The van der Waals surface area contributed by atoms with Crippen molar-refractivity contribution in [2.24, 2.45) is 0 Å². The molecule has 0 saturated carbocycles. The summed E-state index contributed by atoms with van der Waals surface area (Å²) in [5, 5.41) is 6.17. The molecule has 0 fully saturated rings. The Hall–Kier alpha value is -1.88. The van der Waals surface area contributed by atoms with Crippen molar-refractivity contribution in [2.75, 3.05) is 17.2 Å². The summed E-state index contributed by atoms with van der Waals surface area (Å²) in [5.41, 5.74) is 2.46. The van der Waals surface area contributed by atoms with Gasteiger partial charge in [0.05, 0.1) is 0 Å². The third kappa shape index (κ3) is 5.36. The molecule has 0 bridgehead atoms. The van der Waals surface area contributed by atoms with Crippen LogP contribution in [0.25, 0.3) is 0 Å². The molecule has 4 nitrogen and oxygen atoms in total. The van der Waals surface area contributed by atoms with E-state index >= 15 is 0 Å². The topological polar surface area (TPSA) is 54.0 Å². The van der Waals surface area contributed by atoms with E-state index in [-0.39, 0.29) is 5.91 Å². The number of unbranched alkanes of at least 4 members (excludes halogenated alkanes) is 2. The van der Waals surface area contributed by atoms with Gasteiger partial charge in [-0.15, -0.1) is 0 Å². The Morgan fingerprint density at radius 1 is 1.22 bits per heavy atom. The quantitative estimate of drug-likeness (QED) is 0.668. The van der Waals surface area contributed by atoms with Crippen LogP contribution in [0.1, 0.15) is 42.1 Å². The van der Waals surface area contributed by atoms with Gasteiger partial charge < -0.3 is 10.6 Å². The fraction of sp³-hybridized carbons (Fsp3) is 0.333. The van der Waals surface area contributed by atoms with Gasteiger partial charge in [-0.3, -0.25) is 4.79 Å². The van der Waals surface area contributed by atoms with Crippen LogP contribution in [0.3, 0.4) is 0 Å². The van der Waals surface area contributed by atoms with Gasteiger partial charge in [0.2, 0.25) is 0 Å². The molecule has 0 spiro atoms. The minimum atomic E-state index is -0.134. The number of rotatable bonds is 7. The number of benzene rings is 1. The van der Waals surface area contributed by atoms with Crippen LogP contribution in [0.5, 0.6) is 0 Å². The Morgan fingerprint density at radius 3 is 2.78 bits per heavy atom. The van der Waals surface area contributed by atoms with Crippen molar-refractivity contribution < 1.29 is 4.79 Å². The molecule has 5 heteroatoms. The second-order valence-electron chi connectivity index (χ2n) is 5.48. The third-order valence-corrected chi connectivity index (χ3v) is 4.41. The van der Waals surface area contributed by atoms with Crippen LogP contribution < -0.4 is 10.6 Å². The molecule has 0 atom stereocenters. The number of nitrogens with zero attached hydrogens (tertiary/aromatic N) is 1. The number of amides is 1. The summed E-state index contributed by atoms with van der Waals surface area (Å²) < 4.78 is 1.03. The molecule has 0 aliphatic carbocycles. The number of halogens is 1. The van der Waals surface area contributed by atoms with Gasteiger partial charge in [0.25, 0.3) is 5.91 Å². The first-order valence-electron chi connectivity index (χ1n) is 7.87. The lowest BCUT2D eigenvalue weighted by atomic mass is 10.2. The fourth-order valence-electron chi connectivity index (χ4n) is 2.19. The highest BCUT2D eigenvalue weighted by atomic mass is 79.9. The summed E-state index contributed by atoms with van der Waals surface area (Å²) >= 11 is 3.46. The number of aromatic nitrogens is 1. The maximum absolute atomic E-state index is 12.4. The van der Waals surface area contributed by atoms with Crippen LogP contribution in [-0.4, -0.2) is 17.4 Å². The number of carbonyl (C=O) groups is 1. The van der Waals surface area contributed by atoms with Crippen molar-refractivity contribution in [3.8, 4) is 0 Å². The molecule has 1 aromatic carbocycles. The zero-order chi connectivity index (χ0) is 16.7. The largest absolute Gasteiger partial charge is 0.370 e. The molecule has 2 N–H and O–H groups in total. The van der Waals surface area contributed by atoms with Gasteiger partial charge >= 0.3 is 0 Å². The molecule has 122 valence electrons. The monoisotopic (exact) mass is 375 g/mol. The van der Waals surface area contributed by atoms with Crippen LogP contribution in [-0.2, 0) is 0 Å². The number of hydrogen-bond acceptors (Lipinski definition) is 3. The molecule has 23 heavy (non-hydrogen) atoms. The normalized spacial score (nSPS) is 10.4. The SMILES string of the molecule is CCCCCNc1cc(C(=O)Nc2ccc(Br)c(C)c2)ccn1. The molecule has 0 aliphatic rings. The summed E-state index contributed by atoms with van der Waals surface area (Å²) in [6, 6.07) is 9.25. The van der Waals surface area contributed by atoms with E-state index < -0.39 is 0 Å². The van der Waals surface area contributed by atoms with Crippen LogP contribution in [0.2, 0.25) is 0 Å². The van der Waals surface area contributed by atoms with Crippen molar-refractivity contribution >= 4 is 33.3 Å². The van der Waals surface area contributed by atoms with Gasteiger partial charge in [-0.2, -0.15) is 0 Å². The van der Waals surface area contributed by atoms with Gasteiger partial charge in [-0.1, -0.05) is 35.7 Å². The summed E-state index contributed by atoms with van der Waals surface area (Å²) in [4.78, 5) is 16.6. The molecular formula is C18H22BrN3O. The van der Waals surface area contributed by atoms with E-state index in [9.17, 15) is 4.79 Å². The number of nitrogens with one attached hydrogen (secondary N) is 2. The van der Waals surface area contributed by atoms with Gasteiger partial charge in [-0.05, 0) is 49.2 Å². The Kier molecular flexibility index (Phi) is 6.59. The zero-order valence-electron chi connectivity index (χ0n) is 13.5. The van der Waals surface area contributed by atoms with E-state index in [1.54, 1.807) is 18.3 Å². The average molecular weight is 376 g/mol. The Morgan fingerprint density at radius 2 is 2.04 bits per heavy atom. The zero-order valence-corrected chi connectivity index (χ0v) is 15.1. The Balaban J connectivity index is 2.00. The summed E-state index contributed by atoms with van der Waals surface area (Å²) in [6.45, 7) is 5.04. The number of hydrogen-bond donors (Lipinski definition) is 2. The molecular weight excluding hydrogens is 354 g/mol. The minimum Gasteiger partial charge on any atom is -0.370 e. The molecule has 0 unspecified atom stereocenters. The van der Waals surface area contributed by atoms with Gasteiger partial charge in [0.15, 0.2) is 0 Å². The number of aryl methyl sites for hydroxylation is 1. The lowest BCUT2D eigenvalue weighted by Gasteiger charge is -2.09. The van der Waals surface area contributed by atoms with Crippen LogP contribution in [0.4, 0.5) is 11.5 Å². The first kappa shape index (κ1) is 17.5. The standard InChI is InChI=1S/C18H22BrN3O/c1-3-4-5-9-20-17-12-14(8-10-21-17)18(23)22-15-6-7-16(19)13(2)11-15/h6-8,10-12H,3-5,9H2,1-2H3,(H,20,21)(H,22,23). The predicted octanol–water partition coefficient (Wildman–Crippen LogP) is 5.01. The molecule has 0 aliphatic heterocycles. The van der Waals surface area contributed by atoms with E-state index in [4.69, 9.17) is 0 Å². The van der Waals surface area contributed by atoms with Gasteiger partial charge in [0.1, 0.15) is 5.82 Å². The first-order chi connectivity index (χ1) is 11.1. The molecule has 0 radical (unpaired) electrons. The molecule has 0 saturated heterocycles. The van der Waals surface area contributed by atoms with Crippen LogP contribution in [0.15, 0.2) is 41.0 Å². The van der Waals surface area contributed by atoms with E-state index in [1.807, 2.05) is 25.1 Å². The third-order valence-electron chi connectivity index (χ3n) is 3.52. The maximum atomic E-state index is 12.4. The summed E-state index contributed by atoms with van der Waals surface area (Å²) in [5.74, 6) is 0.603. The van der Waals surface area contributed by atoms with E-state index in [0.717, 1.165) is 34.5 Å². The van der Waals surface area contributed by atoms with E-state index in [0.29, 0.717) is 5.56 Å². The molecule has 1 amide bonds. The number of anilines is 2. The summed E-state index contributed by atoms with van der Waals surface area (Å²) in [6.07, 6.45) is 5.14. The smallest absolute Gasteiger partial charge is 0.255 e. The lowest BCUT2D eigenvalue weighted by Crippen LogP contribution is -2.13. The average Bonchev–Trinajstić information content (AvgIpc) is 2.55. The lowest BCUT2D eigenvalue weighted by molar-refractivity contribution is 0.102. The van der Waals surface area contributed by atoms with Crippen molar-refractivity contribution in [3.05, 3.63) is 52.1 Å². The predicted molar refractivity (Wildman–Crippen MR) is 99.1 cm³/mol. The highest BCUT2D eigenvalue weighted by molar-refractivity contribution is 9.10. The van der Waals surface area contributed by atoms with Gasteiger partial charge in [0, 0.05) is 28.5 Å². The molecule has 1 heterocycles. The maximum Gasteiger partial charge on any atom is 0.255 e. The fourth-order valence-corrected chi connectivity index (χ4v) is 2.43. The van der Waals surface area contributed by atoms with Crippen LogP contribution >= 0.6 is 15.9 Å². The summed E-state index contributed by atoms with van der Waals surface area (Å²) in [7, 11) is 0. The molecule has 2 rings (SSSR count). The first-order valence-corrected chi connectivity index (χ1v) is 8.67. The second-order valence-corrected chi connectivity index (χ2v) is 6.34. The number of carbonyl (C=O) groups excluding carboxylic acids is 1. The Bertz CT molecular complexity index is 673. The number of pyridine rings is 1. The highest BCUT2D eigenvalue weighted by Gasteiger charge is 2.08. The van der Waals surface area contributed by atoms with Crippen molar-refractivity contribution in [3.63, 3.8) is 0 Å². The minimum absolute atomic E-state index is 0.134. The van der Waals surface area contributed by atoms with E-state index in [2.05, 4.69) is 38.5 Å². The second kappa shape index (κ2) is 8.67. The van der Waals surface area contributed by atoms with Crippen molar-refractivity contribution in [2.45, 2.75) is 33.1 Å². The van der Waals surface area contributed by atoms with E-state index in [1.165, 1.54) is 12.8 Å². The van der Waals surface area contributed by atoms with Crippen molar-refractivity contribution in [1.29, 1.82) is 0 Å². The van der Waals surface area contributed by atoms with Crippen molar-refractivity contribution in [1.82, 2.24) is 4.98 Å². The van der Waals surface area contributed by atoms with Gasteiger partial charge in [-0.25, -0.2) is 4.98 Å². The highest BCUT2D eigenvalue weighted by Crippen LogP contribution is 2.20. The molecule has 2 aromatic rings. The Labute approximate surface area is 145 Å².